The smallest absolute Gasteiger partial charge is 0.251 e. The molecule has 2 saturated heterocycles. The lowest BCUT2D eigenvalue weighted by Gasteiger charge is -2.26. The summed E-state index contributed by atoms with van der Waals surface area (Å²) in [6, 6.07) is 10.4. The Kier molecular flexibility index (Phi) is 8.39. The van der Waals surface area contributed by atoms with Gasteiger partial charge >= 0.3 is 0 Å². The second-order valence-electron chi connectivity index (χ2n) is 8.97. The van der Waals surface area contributed by atoms with Crippen molar-refractivity contribution in [3.05, 3.63) is 53.5 Å². The molecule has 0 unspecified atom stereocenters. The maximum Gasteiger partial charge on any atom is 0.251 e. The number of nitrogens with zero attached hydrogens (tertiary/aromatic N) is 2. The summed E-state index contributed by atoms with van der Waals surface area (Å²) in [5, 5.41) is 22.8. The summed E-state index contributed by atoms with van der Waals surface area (Å²) < 4.78 is 11.4. The van der Waals surface area contributed by atoms with E-state index in [0.29, 0.717) is 37.4 Å². The van der Waals surface area contributed by atoms with Crippen molar-refractivity contribution >= 4 is 5.91 Å². The van der Waals surface area contributed by atoms with E-state index in [1.54, 1.807) is 18.2 Å². The summed E-state index contributed by atoms with van der Waals surface area (Å²) in [5.74, 6) is 1.85. The summed E-state index contributed by atoms with van der Waals surface area (Å²) >= 11 is 0. The number of rotatable bonds is 9. The number of amides is 1. The average Bonchev–Trinajstić information content (AvgIpc) is 3.47. The third-order valence-corrected chi connectivity index (χ3v) is 6.45. The minimum atomic E-state index is -0.600. The zero-order valence-corrected chi connectivity index (χ0v) is 19.1. The van der Waals surface area contributed by atoms with Gasteiger partial charge in [-0.2, -0.15) is 0 Å². The van der Waals surface area contributed by atoms with Gasteiger partial charge in [-0.25, -0.2) is 0 Å². The predicted molar refractivity (Wildman–Crippen MR) is 124 cm³/mol. The topological polar surface area (TPSA) is 98.4 Å². The molecule has 2 aliphatic rings. The molecule has 0 radical (unpaired) electrons. The molecule has 0 spiro atoms. The number of nitrogens with one attached hydrogen (secondary N) is 1. The molecular formula is C25H35N3O5. The molecule has 1 amide bonds. The number of carbonyl (C=O) groups excluding carboxylic acids is 1. The lowest BCUT2D eigenvalue weighted by Crippen LogP contribution is -2.48. The Morgan fingerprint density at radius 1 is 1.03 bits per heavy atom. The Bertz CT molecular complexity index is 878. The second kappa shape index (κ2) is 11.7. The van der Waals surface area contributed by atoms with Crippen molar-refractivity contribution in [1.82, 2.24) is 15.1 Å². The van der Waals surface area contributed by atoms with Crippen molar-refractivity contribution in [2.75, 3.05) is 39.3 Å². The fourth-order valence-electron chi connectivity index (χ4n) is 4.57. The first-order valence-corrected chi connectivity index (χ1v) is 12.0. The van der Waals surface area contributed by atoms with Crippen LogP contribution in [0.4, 0.5) is 0 Å². The van der Waals surface area contributed by atoms with Gasteiger partial charge < -0.3 is 24.7 Å². The summed E-state index contributed by atoms with van der Waals surface area (Å²) in [5.41, 5.74) is 0.545. The van der Waals surface area contributed by atoms with Crippen molar-refractivity contribution in [2.45, 2.75) is 51.0 Å². The van der Waals surface area contributed by atoms with Crippen LogP contribution in [0.15, 0.2) is 40.8 Å². The van der Waals surface area contributed by atoms with E-state index in [1.165, 1.54) is 12.8 Å². The van der Waals surface area contributed by atoms with E-state index in [1.807, 2.05) is 18.2 Å². The minimum absolute atomic E-state index is 0.125. The van der Waals surface area contributed by atoms with E-state index in [4.69, 9.17) is 9.15 Å². The van der Waals surface area contributed by atoms with Crippen LogP contribution in [0.3, 0.4) is 0 Å². The van der Waals surface area contributed by atoms with Crippen LogP contribution in [0, 0.1) is 0 Å². The SMILES string of the molecule is O=C(N[C@@H]1CN(Cc2ccc(CO)o2)CCC[C@H]1O)c1ccc(OCCN2CCCC2)cc1. The van der Waals surface area contributed by atoms with Crippen molar-refractivity contribution in [1.29, 1.82) is 0 Å². The number of ether oxygens (including phenoxy) is 1. The van der Waals surface area contributed by atoms with Crippen LogP contribution in [0.5, 0.6) is 5.75 Å². The largest absolute Gasteiger partial charge is 0.492 e. The van der Waals surface area contributed by atoms with Gasteiger partial charge in [-0.1, -0.05) is 0 Å². The predicted octanol–water partition coefficient (Wildman–Crippen LogP) is 2.00. The number of aliphatic hydroxyl groups is 2. The minimum Gasteiger partial charge on any atom is -0.492 e. The Morgan fingerprint density at radius 3 is 2.48 bits per heavy atom. The van der Waals surface area contributed by atoms with Crippen LogP contribution in [-0.2, 0) is 13.2 Å². The highest BCUT2D eigenvalue weighted by Crippen LogP contribution is 2.18. The van der Waals surface area contributed by atoms with E-state index < -0.39 is 6.10 Å². The van der Waals surface area contributed by atoms with Gasteiger partial charge in [0.15, 0.2) is 0 Å². The lowest BCUT2D eigenvalue weighted by atomic mass is 10.1. The number of hydrogen-bond acceptors (Lipinski definition) is 7. The highest BCUT2D eigenvalue weighted by atomic mass is 16.5. The fraction of sp³-hybridized carbons (Fsp3) is 0.560. The zero-order chi connectivity index (χ0) is 23.0. The van der Waals surface area contributed by atoms with Crippen molar-refractivity contribution in [3.8, 4) is 5.75 Å². The third kappa shape index (κ3) is 6.80. The van der Waals surface area contributed by atoms with Crippen LogP contribution in [-0.4, -0.2) is 77.4 Å². The zero-order valence-electron chi connectivity index (χ0n) is 19.1. The number of aliphatic hydroxyl groups excluding tert-OH is 2. The average molecular weight is 458 g/mol. The number of likely N-dealkylation sites (tertiary alicyclic amines) is 2. The molecule has 3 N–H and O–H groups in total. The summed E-state index contributed by atoms with van der Waals surface area (Å²) in [6.45, 7) is 5.66. The second-order valence-corrected chi connectivity index (χ2v) is 8.97. The first-order chi connectivity index (χ1) is 16.1. The monoisotopic (exact) mass is 457 g/mol. The molecule has 3 heterocycles. The number of benzene rings is 1. The standard InChI is InChI=1S/C25H35N3O5/c29-18-22-10-9-21(33-22)16-28-13-3-4-24(30)23(17-28)26-25(31)19-5-7-20(8-6-19)32-15-14-27-11-1-2-12-27/h5-10,23-24,29-30H,1-4,11-18H2,(H,26,31)/t23-,24-/m1/s1. The molecule has 2 aliphatic heterocycles. The van der Waals surface area contributed by atoms with Crippen LogP contribution in [0.25, 0.3) is 0 Å². The summed E-state index contributed by atoms with van der Waals surface area (Å²) in [6.07, 6.45) is 3.41. The summed E-state index contributed by atoms with van der Waals surface area (Å²) in [4.78, 5) is 17.4. The number of carbonyl (C=O) groups is 1. The van der Waals surface area contributed by atoms with Gasteiger partial charge in [-0.05, 0) is 81.7 Å². The normalized spacial score (nSPS) is 22.2. The molecule has 4 rings (SSSR count). The molecule has 8 nitrogen and oxygen atoms in total. The lowest BCUT2D eigenvalue weighted by molar-refractivity contribution is 0.0794. The molecular weight excluding hydrogens is 422 g/mol. The molecule has 0 bridgehead atoms. The maximum absolute atomic E-state index is 12.8. The molecule has 1 aromatic heterocycles. The van der Waals surface area contributed by atoms with Gasteiger partial charge in [-0.3, -0.25) is 14.6 Å². The molecule has 0 saturated carbocycles. The van der Waals surface area contributed by atoms with E-state index in [0.717, 1.165) is 44.1 Å². The van der Waals surface area contributed by atoms with Gasteiger partial charge in [0.25, 0.3) is 5.91 Å². The number of hydrogen-bond donors (Lipinski definition) is 3. The Labute approximate surface area is 195 Å². The van der Waals surface area contributed by atoms with Gasteiger partial charge in [0.2, 0.25) is 0 Å². The summed E-state index contributed by atoms with van der Waals surface area (Å²) in [7, 11) is 0. The molecule has 2 aromatic rings. The van der Waals surface area contributed by atoms with Gasteiger partial charge in [0.1, 0.15) is 30.5 Å². The first-order valence-electron chi connectivity index (χ1n) is 12.0. The van der Waals surface area contributed by atoms with Crippen LogP contribution in [0.2, 0.25) is 0 Å². The quantitative estimate of drug-likeness (QED) is 0.530. The van der Waals surface area contributed by atoms with Crippen molar-refractivity contribution < 1.29 is 24.2 Å². The van der Waals surface area contributed by atoms with Gasteiger partial charge in [0.05, 0.1) is 18.7 Å². The first kappa shape index (κ1) is 23.8. The van der Waals surface area contributed by atoms with Crippen LogP contribution >= 0.6 is 0 Å². The molecule has 8 heteroatoms. The number of furan rings is 1. The van der Waals surface area contributed by atoms with E-state index >= 15 is 0 Å². The van der Waals surface area contributed by atoms with Gasteiger partial charge in [0, 0.05) is 18.7 Å². The third-order valence-electron chi connectivity index (χ3n) is 6.45. The van der Waals surface area contributed by atoms with Gasteiger partial charge in [-0.15, -0.1) is 0 Å². The van der Waals surface area contributed by atoms with Crippen LogP contribution < -0.4 is 10.1 Å². The van der Waals surface area contributed by atoms with Crippen LogP contribution in [0.1, 0.15) is 47.6 Å². The molecule has 2 fully saturated rings. The highest BCUT2D eigenvalue weighted by molar-refractivity contribution is 5.94. The van der Waals surface area contributed by atoms with E-state index in [-0.39, 0.29) is 18.6 Å². The van der Waals surface area contributed by atoms with E-state index in [9.17, 15) is 15.0 Å². The van der Waals surface area contributed by atoms with Crippen molar-refractivity contribution in [3.63, 3.8) is 0 Å². The molecule has 1 aromatic carbocycles. The molecule has 2 atom stereocenters. The van der Waals surface area contributed by atoms with Crippen molar-refractivity contribution in [2.24, 2.45) is 0 Å². The fourth-order valence-corrected chi connectivity index (χ4v) is 4.57. The Morgan fingerprint density at radius 2 is 1.76 bits per heavy atom. The Balaban J connectivity index is 1.28. The van der Waals surface area contributed by atoms with E-state index in [2.05, 4.69) is 15.1 Å². The highest BCUT2D eigenvalue weighted by Gasteiger charge is 2.28. The molecule has 180 valence electrons. The molecule has 0 aliphatic carbocycles. The molecule has 33 heavy (non-hydrogen) atoms. The Hall–Kier alpha value is -2.39. The maximum atomic E-state index is 12.8.